The second kappa shape index (κ2) is 11.3. The maximum Gasteiger partial charge on any atom is 0.191 e. The van der Waals surface area contributed by atoms with Crippen LogP contribution in [-0.4, -0.2) is 30.1 Å². The van der Waals surface area contributed by atoms with Crippen LogP contribution in [0.4, 0.5) is 0 Å². The molecule has 1 aromatic rings. The minimum Gasteiger partial charge on any atom is -0.357 e. The third-order valence-corrected chi connectivity index (χ3v) is 4.09. The van der Waals surface area contributed by atoms with Gasteiger partial charge in [0.1, 0.15) is 0 Å². The van der Waals surface area contributed by atoms with Crippen molar-refractivity contribution in [1.29, 1.82) is 0 Å². The van der Waals surface area contributed by atoms with E-state index in [2.05, 4.69) is 48.3 Å². The van der Waals surface area contributed by atoms with Crippen LogP contribution in [0.3, 0.4) is 0 Å². The Bertz CT molecular complexity index is 392. The molecule has 0 aliphatic rings. The van der Waals surface area contributed by atoms with E-state index in [4.69, 9.17) is 0 Å². The molecule has 1 heterocycles. The van der Waals surface area contributed by atoms with Gasteiger partial charge in [0, 0.05) is 36.6 Å². The first-order chi connectivity index (χ1) is 9.19. The number of nitrogens with one attached hydrogen (secondary N) is 2. The SMILES string of the molecule is CCNC(=NCCc1ncc(CC)s1)NC(C)CC.I. The molecule has 0 fully saturated rings. The first-order valence-corrected chi connectivity index (χ1v) is 7.99. The lowest BCUT2D eigenvalue weighted by Gasteiger charge is -2.15. The number of aryl methyl sites for hydroxylation is 1. The van der Waals surface area contributed by atoms with Gasteiger partial charge in [-0.1, -0.05) is 13.8 Å². The molecule has 2 N–H and O–H groups in total. The van der Waals surface area contributed by atoms with E-state index in [0.717, 1.165) is 38.3 Å². The molecule has 1 atom stereocenters. The zero-order chi connectivity index (χ0) is 14.1. The topological polar surface area (TPSA) is 49.3 Å². The van der Waals surface area contributed by atoms with Gasteiger partial charge in [0.05, 0.1) is 5.01 Å². The van der Waals surface area contributed by atoms with E-state index in [1.165, 1.54) is 9.88 Å². The number of aliphatic imine (C=N–C) groups is 1. The molecule has 0 aliphatic carbocycles. The Morgan fingerprint density at radius 1 is 1.40 bits per heavy atom. The van der Waals surface area contributed by atoms with Crippen LogP contribution in [0, 0.1) is 0 Å². The number of hydrogen-bond acceptors (Lipinski definition) is 3. The fraction of sp³-hybridized carbons (Fsp3) is 0.714. The second-order valence-corrected chi connectivity index (χ2v) is 5.74. The molecule has 1 rings (SSSR count). The summed E-state index contributed by atoms with van der Waals surface area (Å²) >= 11 is 1.80. The van der Waals surface area contributed by atoms with Crippen LogP contribution in [-0.2, 0) is 12.8 Å². The summed E-state index contributed by atoms with van der Waals surface area (Å²) in [7, 11) is 0. The van der Waals surface area contributed by atoms with Crippen molar-refractivity contribution in [3.63, 3.8) is 0 Å². The maximum atomic E-state index is 4.59. The fourth-order valence-electron chi connectivity index (χ4n) is 1.55. The molecule has 0 aliphatic heterocycles. The average molecular weight is 410 g/mol. The van der Waals surface area contributed by atoms with E-state index in [1.54, 1.807) is 11.3 Å². The van der Waals surface area contributed by atoms with E-state index in [0.29, 0.717) is 6.04 Å². The lowest BCUT2D eigenvalue weighted by atomic mass is 10.3. The van der Waals surface area contributed by atoms with Crippen molar-refractivity contribution < 1.29 is 0 Å². The zero-order valence-electron chi connectivity index (χ0n) is 12.9. The Balaban J connectivity index is 0.00000361. The Hall–Kier alpha value is -0.370. The first kappa shape index (κ1) is 19.6. The van der Waals surface area contributed by atoms with Crippen LogP contribution < -0.4 is 10.6 Å². The monoisotopic (exact) mass is 410 g/mol. The summed E-state index contributed by atoms with van der Waals surface area (Å²) in [6, 6.07) is 0.448. The average Bonchev–Trinajstić information content (AvgIpc) is 2.86. The third kappa shape index (κ3) is 7.42. The molecule has 0 aromatic carbocycles. The van der Waals surface area contributed by atoms with Gasteiger partial charge in [-0.25, -0.2) is 4.98 Å². The third-order valence-electron chi connectivity index (χ3n) is 2.89. The molecule has 0 amide bonds. The van der Waals surface area contributed by atoms with Gasteiger partial charge < -0.3 is 10.6 Å². The van der Waals surface area contributed by atoms with Crippen LogP contribution in [0.1, 0.15) is 44.0 Å². The molecular formula is C14H27IN4S. The lowest BCUT2D eigenvalue weighted by molar-refractivity contribution is 0.624. The predicted molar refractivity (Wildman–Crippen MR) is 99.5 cm³/mol. The Labute approximate surface area is 143 Å². The van der Waals surface area contributed by atoms with Gasteiger partial charge in [-0.2, -0.15) is 0 Å². The maximum absolute atomic E-state index is 4.59. The summed E-state index contributed by atoms with van der Waals surface area (Å²) in [5, 5.41) is 7.85. The van der Waals surface area contributed by atoms with E-state index in [9.17, 15) is 0 Å². The van der Waals surface area contributed by atoms with Gasteiger partial charge in [0.15, 0.2) is 5.96 Å². The smallest absolute Gasteiger partial charge is 0.191 e. The summed E-state index contributed by atoms with van der Waals surface area (Å²) in [6.07, 6.45) is 5.06. The molecule has 6 heteroatoms. The van der Waals surface area contributed by atoms with E-state index < -0.39 is 0 Å². The molecule has 0 saturated carbocycles. The van der Waals surface area contributed by atoms with Crippen LogP contribution in [0.15, 0.2) is 11.2 Å². The van der Waals surface area contributed by atoms with Crippen LogP contribution in [0.5, 0.6) is 0 Å². The molecule has 0 saturated heterocycles. The van der Waals surface area contributed by atoms with Crippen molar-refractivity contribution in [2.45, 2.75) is 53.0 Å². The zero-order valence-corrected chi connectivity index (χ0v) is 16.0. The first-order valence-electron chi connectivity index (χ1n) is 7.17. The highest BCUT2D eigenvalue weighted by atomic mass is 127. The van der Waals surface area contributed by atoms with Crippen molar-refractivity contribution in [3.05, 3.63) is 16.1 Å². The Morgan fingerprint density at radius 2 is 2.15 bits per heavy atom. The fourth-order valence-corrected chi connectivity index (χ4v) is 2.40. The van der Waals surface area contributed by atoms with E-state index in [-0.39, 0.29) is 24.0 Å². The lowest BCUT2D eigenvalue weighted by Crippen LogP contribution is -2.42. The summed E-state index contributed by atoms with van der Waals surface area (Å²) in [6.45, 7) is 10.3. The van der Waals surface area contributed by atoms with Gasteiger partial charge in [-0.05, 0) is 26.7 Å². The largest absolute Gasteiger partial charge is 0.357 e. The highest BCUT2D eigenvalue weighted by Crippen LogP contribution is 2.13. The van der Waals surface area contributed by atoms with Crippen LogP contribution in [0.25, 0.3) is 0 Å². The Morgan fingerprint density at radius 3 is 2.70 bits per heavy atom. The molecule has 1 unspecified atom stereocenters. The molecule has 116 valence electrons. The van der Waals surface area contributed by atoms with Gasteiger partial charge in [0.25, 0.3) is 0 Å². The number of rotatable bonds is 7. The van der Waals surface area contributed by atoms with Crippen molar-refractivity contribution >= 4 is 41.3 Å². The number of aromatic nitrogens is 1. The van der Waals surface area contributed by atoms with E-state index >= 15 is 0 Å². The predicted octanol–water partition coefficient (Wildman–Crippen LogP) is 3.22. The quantitative estimate of drug-likeness (QED) is 0.412. The van der Waals surface area contributed by atoms with Crippen LogP contribution >= 0.6 is 35.3 Å². The molecule has 4 nitrogen and oxygen atoms in total. The normalized spacial score (nSPS) is 12.7. The van der Waals surface area contributed by atoms with Gasteiger partial charge in [0.2, 0.25) is 0 Å². The molecule has 1 aromatic heterocycles. The summed E-state index contributed by atoms with van der Waals surface area (Å²) in [4.78, 5) is 10.4. The summed E-state index contributed by atoms with van der Waals surface area (Å²) in [5.74, 6) is 0.907. The number of guanidine groups is 1. The highest BCUT2D eigenvalue weighted by molar-refractivity contribution is 14.0. The number of halogens is 1. The van der Waals surface area contributed by atoms with Crippen molar-refractivity contribution in [2.24, 2.45) is 4.99 Å². The second-order valence-electron chi connectivity index (χ2n) is 4.54. The van der Waals surface area contributed by atoms with Crippen LogP contribution in [0.2, 0.25) is 0 Å². The summed E-state index contributed by atoms with van der Waals surface area (Å²) < 4.78 is 0. The molecular weight excluding hydrogens is 383 g/mol. The number of hydrogen-bond donors (Lipinski definition) is 2. The minimum absolute atomic E-state index is 0. The molecule has 0 radical (unpaired) electrons. The number of nitrogens with zero attached hydrogens (tertiary/aromatic N) is 2. The Kier molecular flexibility index (Phi) is 11.1. The highest BCUT2D eigenvalue weighted by Gasteiger charge is 2.03. The van der Waals surface area contributed by atoms with Gasteiger partial charge in [-0.15, -0.1) is 35.3 Å². The minimum atomic E-state index is 0. The van der Waals surface area contributed by atoms with Gasteiger partial charge in [-0.3, -0.25) is 4.99 Å². The molecule has 20 heavy (non-hydrogen) atoms. The van der Waals surface area contributed by atoms with Crippen molar-refractivity contribution in [1.82, 2.24) is 15.6 Å². The van der Waals surface area contributed by atoms with E-state index in [1.807, 2.05) is 6.20 Å². The molecule has 0 spiro atoms. The summed E-state index contributed by atoms with van der Waals surface area (Å²) in [5.41, 5.74) is 0. The molecule has 0 bridgehead atoms. The van der Waals surface area contributed by atoms with Gasteiger partial charge >= 0.3 is 0 Å². The standard InChI is InChI=1S/C14H26N4S.HI/c1-5-11(4)18-14(15-7-3)16-9-8-13-17-10-12(6-2)19-13;/h10-11H,5-9H2,1-4H3,(H2,15,16,18);1H. The van der Waals surface area contributed by atoms with Crippen molar-refractivity contribution in [3.8, 4) is 0 Å². The number of thiazole rings is 1. The van der Waals surface area contributed by atoms with Crippen molar-refractivity contribution in [2.75, 3.05) is 13.1 Å².